The summed E-state index contributed by atoms with van der Waals surface area (Å²) in [6, 6.07) is 1.77. The van der Waals surface area contributed by atoms with Crippen LogP contribution < -0.4 is 5.32 Å². The van der Waals surface area contributed by atoms with Crippen LogP contribution in [0.2, 0.25) is 0 Å². The molecular weight excluding hydrogens is 228 g/mol. The third-order valence-corrected chi connectivity index (χ3v) is 4.57. The van der Waals surface area contributed by atoms with Crippen molar-refractivity contribution in [1.29, 1.82) is 0 Å². The van der Waals surface area contributed by atoms with Gasteiger partial charge in [-0.05, 0) is 39.7 Å². The summed E-state index contributed by atoms with van der Waals surface area (Å²) in [7, 11) is 0. The summed E-state index contributed by atoms with van der Waals surface area (Å²) in [4.78, 5) is 2.66. The first kappa shape index (κ1) is 12.9. The molecule has 0 radical (unpaired) electrons. The van der Waals surface area contributed by atoms with Gasteiger partial charge in [-0.25, -0.2) is 0 Å². The predicted octanol–water partition coefficient (Wildman–Crippen LogP) is 1.35. The molecule has 0 amide bonds. The topological polar surface area (TPSA) is 33.7 Å². The molecule has 18 heavy (non-hydrogen) atoms. The monoisotopic (exact) mass is 254 g/mol. The molecule has 3 aliphatic rings. The maximum Gasteiger partial charge on any atom is 0.162 e. The smallest absolute Gasteiger partial charge is 0.162 e. The molecule has 4 heteroatoms. The molecule has 0 aromatic rings. The van der Waals surface area contributed by atoms with Gasteiger partial charge >= 0.3 is 0 Å². The highest BCUT2D eigenvalue weighted by Gasteiger charge is 2.37. The third-order valence-electron chi connectivity index (χ3n) is 4.57. The number of nitrogens with one attached hydrogen (secondary N) is 1. The second-order valence-electron chi connectivity index (χ2n) is 6.38. The van der Waals surface area contributed by atoms with E-state index in [4.69, 9.17) is 9.47 Å². The molecule has 4 nitrogen and oxygen atoms in total. The van der Waals surface area contributed by atoms with Crippen molar-refractivity contribution >= 4 is 0 Å². The molecule has 3 heterocycles. The van der Waals surface area contributed by atoms with Gasteiger partial charge in [0.1, 0.15) is 0 Å². The Morgan fingerprint density at radius 2 is 1.83 bits per heavy atom. The Morgan fingerprint density at radius 3 is 2.61 bits per heavy atom. The number of piperidine rings is 1. The molecule has 1 N–H and O–H groups in total. The second kappa shape index (κ2) is 5.08. The highest BCUT2D eigenvalue weighted by atomic mass is 16.7. The van der Waals surface area contributed by atoms with Crippen molar-refractivity contribution in [3.63, 3.8) is 0 Å². The van der Waals surface area contributed by atoms with Crippen molar-refractivity contribution in [3.8, 4) is 0 Å². The van der Waals surface area contributed by atoms with Gasteiger partial charge in [-0.1, -0.05) is 6.42 Å². The molecule has 0 aromatic heterocycles. The third kappa shape index (κ3) is 2.72. The van der Waals surface area contributed by atoms with Gasteiger partial charge in [0.25, 0.3) is 0 Å². The van der Waals surface area contributed by atoms with Crippen LogP contribution in [0.1, 0.15) is 39.5 Å². The van der Waals surface area contributed by atoms with Gasteiger partial charge in [0, 0.05) is 18.6 Å². The van der Waals surface area contributed by atoms with Crippen LogP contribution in [0.5, 0.6) is 0 Å². The van der Waals surface area contributed by atoms with Crippen LogP contribution in [0.4, 0.5) is 0 Å². The fraction of sp³-hybridized carbons (Fsp3) is 1.00. The van der Waals surface area contributed by atoms with Crippen LogP contribution in [0.25, 0.3) is 0 Å². The average molecular weight is 254 g/mol. The lowest BCUT2D eigenvalue weighted by Crippen LogP contribution is -2.54. The quantitative estimate of drug-likeness (QED) is 0.806. The number of hydrogen-bond acceptors (Lipinski definition) is 4. The standard InChI is InChI=1S/C14H26N2O2/c1-14(2)17-9-11(10-18-14)15-12-6-8-16-7-4-3-5-13(12)16/h11-13,15H,3-10H2,1-2H3. The molecule has 3 rings (SSSR count). The average Bonchev–Trinajstić information content (AvgIpc) is 2.76. The molecule has 0 spiro atoms. The number of rotatable bonds is 2. The van der Waals surface area contributed by atoms with Gasteiger partial charge in [-0.15, -0.1) is 0 Å². The molecule has 0 aliphatic carbocycles. The Balaban J connectivity index is 1.51. The van der Waals surface area contributed by atoms with E-state index in [0.717, 1.165) is 19.3 Å². The molecule has 104 valence electrons. The molecule has 2 atom stereocenters. The van der Waals surface area contributed by atoms with Crippen LogP contribution in [-0.4, -0.2) is 55.1 Å². The van der Waals surface area contributed by atoms with Gasteiger partial charge < -0.3 is 14.8 Å². The Morgan fingerprint density at radius 1 is 1.06 bits per heavy atom. The molecule has 0 saturated carbocycles. The summed E-state index contributed by atoms with van der Waals surface area (Å²) in [5, 5.41) is 3.76. The summed E-state index contributed by atoms with van der Waals surface area (Å²) >= 11 is 0. The molecule has 3 saturated heterocycles. The Kier molecular flexibility index (Phi) is 3.63. The minimum Gasteiger partial charge on any atom is -0.349 e. The van der Waals surface area contributed by atoms with Crippen LogP contribution in [0, 0.1) is 0 Å². The first-order chi connectivity index (χ1) is 8.64. The molecule has 0 aromatic carbocycles. The zero-order chi connectivity index (χ0) is 12.6. The van der Waals surface area contributed by atoms with E-state index < -0.39 is 5.79 Å². The Bertz CT molecular complexity index is 286. The zero-order valence-electron chi connectivity index (χ0n) is 11.7. The van der Waals surface area contributed by atoms with Crippen molar-refractivity contribution in [3.05, 3.63) is 0 Å². The van der Waals surface area contributed by atoms with E-state index >= 15 is 0 Å². The van der Waals surface area contributed by atoms with E-state index in [-0.39, 0.29) is 0 Å². The van der Waals surface area contributed by atoms with Crippen LogP contribution in [-0.2, 0) is 9.47 Å². The number of nitrogens with zero attached hydrogens (tertiary/aromatic N) is 1. The fourth-order valence-electron chi connectivity index (χ4n) is 3.53. The first-order valence-electron chi connectivity index (χ1n) is 7.42. The number of fused-ring (bicyclic) bond motifs is 1. The minimum absolute atomic E-state index is 0.366. The molecule has 2 unspecified atom stereocenters. The molecule has 3 aliphatic heterocycles. The maximum atomic E-state index is 5.73. The van der Waals surface area contributed by atoms with Crippen LogP contribution >= 0.6 is 0 Å². The maximum absolute atomic E-state index is 5.73. The van der Waals surface area contributed by atoms with Crippen molar-refractivity contribution in [1.82, 2.24) is 10.2 Å². The number of ether oxygens (including phenoxy) is 2. The van der Waals surface area contributed by atoms with Crippen molar-refractivity contribution in [2.75, 3.05) is 26.3 Å². The molecule has 3 fully saturated rings. The normalized spacial score (nSPS) is 37.7. The first-order valence-corrected chi connectivity index (χ1v) is 7.42. The highest BCUT2D eigenvalue weighted by molar-refractivity contribution is 4.95. The van der Waals surface area contributed by atoms with E-state index in [0.29, 0.717) is 12.1 Å². The van der Waals surface area contributed by atoms with E-state index in [9.17, 15) is 0 Å². The summed E-state index contributed by atoms with van der Waals surface area (Å²) in [5.74, 6) is -0.398. The summed E-state index contributed by atoms with van der Waals surface area (Å²) in [5.41, 5.74) is 0. The van der Waals surface area contributed by atoms with E-state index in [1.54, 1.807) is 0 Å². The fourth-order valence-corrected chi connectivity index (χ4v) is 3.53. The van der Waals surface area contributed by atoms with E-state index in [1.807, 2.05) is 13.8 Å². The summed E-state index contributed by atoms with van der Waals surface area (Å²) in [6.45, 7) is 8.09. The van der Waals surface area contributed by atoms with Gasteiger partial charge in [-0.3, -0.25) is 4.90 Å². The Labute approximate surface area is 110 Å². The van der Waals surface area contributed by atoms with Crippen molar-refractivity contribution < 1.29 is 9.47 Å². The number of hydrogen-bond donors (Lipinski definition) is 1. The highest BCUT2D eigenvalue weighted by Crippen LogP contribution is 2.28. The Hall–Kier alpha value is -0.160. The lowest BCUT2D eigenvalue weighted by Gasteiger charge is -2.38. The summed E-state index contributed by atoms with van der Waals surface area (Å²) < 4.78 is 11.5. The second-order valence-corrected chi connectivity index (χ2v) is 6.38. The lowest BCUT2D eigenvalue weighted by atomic mass is 9.98. The largest absolute Gasteiger partial charge is 0.349 e. The van der Waals surface area contributed by atoms with Crippen molar-refractivity contribution in [2.24, 2.45) is 0 Å². The van der Waals surface area contributed by atoms with Crippen molar-refractivity contribution in [2.45, 2.75) is 63.4 Å². The van der Waals surface area contributed by atoms with Gasteiger partial charge in [-0.2, -0.15) is 0 Å². The lowest BCUT2D eigenvalue weighted by molar-refractivity contribution is -0.253. The molecular formula is C14H26N2O2. The van der Waals surface area contributed by atoms with Gasteiger partial charge in [0.05, 0.1) is 19.3 Å². The zero-order valence-corrected chi connectivity index (χ0v) is 11.7. The minimum atomic E-state index is -0.398. The SMILES string of the molecule is CC1(C)OCC(NC2CCN3CCCCC23)CO1. The molecule has 0 bridgehead atoms. The summed E-state index contributed by atoms with van der Waals surface area (Å²) in [6.07, 6.45) is 5.42. The van der Waals surface area contributed by atoms with Crippen LogP contribution in [0.15, 0.2) is 0 Å². The van der Waals surface area contributed by atoms with Gasteiger partial charge in [0.2, 0.25) is 0 Å². The van der Waals surface area contributed by atoms with Crippen LogP contribution in [0.3, 0.4) is 0 Å². The van der Waals surface area contributed by atoms with Gasteiger partial charge in [0.15, 0.2) is 5.79 Å². The predicted molar refractivity (Wildman–Crippen MR) is 70.5 cm³/mol. The van der Waals surface area contributed by atoms with E-state index in [2.05, 4.69) is 10.2 Å². The van der Waals surface area contributed by atoms with E-state index in [1.165, 1.54) is 38.8 Å².